The van der Waals surface area contributed by atoms with Crippen molar-refractivity contribution in [3.8, 4) is 33.1 Å². The summed E-state index contributed by atoms with van der Waals surface area (Å²) >= 11 is 1.69. The van der Waals surface area contributed by atoms with Crippen LogP contribution in [0.15, 0.2) is 60.7 Å². The van der Waals surface area contributed by atoms with Crippen LogP contribution in [0.5, 0.6) is 11.5 Å². The molecule has 1 aromatic heterocycles. The second-order valence-corrected chi connectivity index (χ2v) is 8.71. The molecule has 4 rings (SSSR count). The Bertz CT molecular complexity index is 1120. The van der Waals surface area contributed by atoms with Crippen molar-refractivity contribution in [2.45, 2.75) is 39.5 Å². The summed E-state index contributed by atoms with van der Waals surface area (Å²) in [7, 11) is 0. The van der Waals surface area contributed by atoms with Gasteiger partial charge in [0.25, 0.3) is 0 Å². The molecule has 0 unspecified atom stereocenters. The molecular formula is C26H26O2S. The van der Waals surface area contributed by atoms with Gasteiger partial charge in [-0.1, -0.05) is 67.8 Å². The van der Waals surface area contributed by atoms with E-state index in [9.17, 15) is 10.2 Å². The van der Waals surface area contributed by atoms with E-state index in [2.05, 4.69) is 25.1 Å². The standard InChI is InChI=1S/C26H26O2S/c1-3-4-5-11-20-15-21(27)24(19-12-8-9-17(2)14-19)26(28)25(20)23-16-18-10-6-7-13-22(18)29-23/h6-10,12-16,27-28H,3-5,11H2,1-2H3. The number of rotatable bonds is 6. The van der Waals surface area contributed by atoms with Gasteiger partial charge in [-0.2, -0.15) is 0 Å². The van der Waals surface area contributed by atoms with E-state index in [1.54, 1.807) is 11.3 Å². The van der Waals surface area contributed by atoms with Crippen molar-refractivity contribution in [1.82, 2.24) is 0 Å². The van der Waals surface area contributed by atoms with Gasteiger partial charge in [-0.3, -0.25) is 0 Å². The summed E-state index contributed by atoms with van der Waals surface area (Å²) in [5.74, 6) is 0.318. The number of phenolic OH excluding ortho intramolecular Hbond substituents is 2. The maximum Gasteiger partial charge on any atom is 0.136 e. The van der Waals surface area contributed by atoms with Crippen LogP contribution in [0.2, 0.25) is 0 Å². The molecule has 1 heterocycles. The molecule has 0 fully saturated rings. The molecule has 0 atom stereocenters. The van der Waals surface area contributed by atoms with Crippen molar-refractivity contribution >= 4 is 21.4 Å². The first kappa shape index (κ1) is 19.5. The second-order valence-electron chi connectivity index (χ2n) is 7.63. The Morgan fingerprint density at radius 2 is 1.69 bits per heavy atom. The molecule has 148 valence electrons. The lowest BCUT2D eigenvalue weighted by atomic mass is 9.92. The molecule has 4 aromatic rings. The molecule has 3 aromatic carbocycles. The molecule has 0 spiro atoms. The van der Waals surface area contributed by atoms with Gasteiger partial charge in [0.1, 0.15) is 11.5 Å². The van der Waals surface area contributed by atoms with Gasteiger partial charge in [-0.25, -0.2) is 0 Å². The lowest BCUT2D eigenvalue weighted by Gasteiger charge is -2.16. The van der Waals surface area contributed by atoms with E-state index in [0.717, 1.165) is 52.8 Å². The quantitative estimate of drug-likeness (QED) is 0.325. The number of unbranched alkanes of at least 4 members (excludes halogenated alkanes) is 2. The van der Waals surface area contributed by atoms with Gasteiger partial charge < -0.3 is 10.2 Å². The zero-order valence-electron chi connectivity index (χ0n) is 16.9. The van der Waals surface area contributed by atoms with Crippen molar-refractivity contribution in [1.29, 1.82) is 0 Å². The van der Waals surface area contributed by atoms with Gasteiger partial charge in [0, 0.05) is 15.1 Å². The Kier molecular flexibility index (Phi) is 5.59. The maximum absolute atomic E-state index is 11.4. The molecule has 0 bridgehead atoms. The second kappa shape index (κ2) is 8.30. The van der Waals surface area contributed by atoms with E-state index in [-0.39, 0.29) is 11.5 Å². The first-order valence-corrected chi connectivity index (χ1v) is 11.0. The summed E-state index contributed by atoms with van der Waals surface area (Å²) in [6.07, 6.45) is 4.15. The van der Waals surface area contributed by atoms with E-state index in [0.29, 0.717) is 5.56 Å². The summed E-state index contributed by atoms with van der Waals surface area (Å²) < 4.78 is 1.20. The highest BCUT2D eigenvalue weighted by Crippen LogP contribution is 2.48. The largest absolute Gasteiger partial charge is 0.507 e. The number of aromatic hydroxyl groups is 2. The third-order valence-electron chi connectivity index (χ3n) is 5.39. The van der Waals surface area contributed by atoms with E-state index in [1.165, 1.54) is 10.1 Å². The third-order valence-corrected chi connectivity index (χ3v) is 6.52. The highest BCUT2D eigenvalue weighted by atomic mass is 32.1. The Morgan fingerprint density at radius 1 is 0.862 bits per heavy atom. The fourth-order valence-corrected chi connectivity index (χ4v) is 5.08. The SMILES string of the molecule is CCCCCc1cc(O)c(-c2cccc(C)c2)c(O)c1-c1cc2ccccc2s1. The number of hydrogen-bond donors (Lipinski definition) is 2. The van der Waals surface area contributed by atoms with Crippen molar-refractivity contribution in [2.24, 2.45) is 0 Å². The fourth-order valence-electron chi connectivity index (χ4n) is 3.94. The van der Waals surface area contributed by atoms with Crippen molar-refractivity contribution in [3.05, 3.63) is 71.8 Å². The molecule has 0 aliphatic heterocycles. The van der Waals surface area contributed by atoms with Gasteiger partial charge in [0.2, 0.25) is 0 Å². The van der Waals surface area contributed by atoms with Crippen LogP contribution in [-0.2, 0) is 6.42 Å². The van der Waals surface area contributed by atoms with Gasteiger partial charge >= 0.3 is 0 Å². The zero-order chi connectivity index (χ0) is 20.4. The normalized spacial score (nSPS) is 11.2. The zero-order valence-corrected chi connectivity index (χ0v) is 17.7. The number of hydrogen-bond acceptors (Lipinski definition) is 3. The molecule has 0 amide bonds. The van der Waals surface area contributed by atoms with Crippen LogP contribution in [0.4, 0.5) is 0 Å². The van der Waals surface area contributed by atoms with Crippen molar-refractivity contribution in [3.63, 3.8) is 0 Å². The smallest absolute Gasteiger partial charge is 0.136 e. The van der Waals surface area contributed by atoms with E-state index in [1.807, 2.05) is 49.4 Å². The minimum absolute atomic E-state index is 0.143. The van der Waals surface area contributed by atoms with E-state index < -0.39 is 0 Å². The summed E-state index contributed by atoms with van der Waals surface area (Å²) in [6, 6.07) is 20.2. The summed E-state index contributed by atoms with van der Waals surface area (Å²) in [4.78, 5) is 1.05. The maximum atomic E-state index is 11.4. The Balaban J connectivity index is 1.93. The predicted molar refractivity (Wildman–Crippen MR) is 124 cm³/mol. The minimum atomic E-state index is 0.143. The highest BCUT2D eigenvalue weighted by molar-refractivity contribution is 7.22. The first-order valence-electron chi connectivity index (χ1n) is 10.2. The number of aryl methyl sites for hydroxylation is 2. The van der Waals surface area contributed by atoms with Crippen LogP contribution in [0, 0.1) is 6.92 Å². The monoisotopic (exact) mass is 402 g/mol. The molecule has 0 saturated heterocycles. The summed E-state index contributed by atoms with van der Waals surface area (Å²) in [6.45, 7) is 4.20. The van der Waals surface area contributed by atoms with Crippen LogP contribution >= 0.6 is 11.3 Å². The lowest BCUT2D eigenvalue weighted by Crippen LogP contribution is -1.94. The van der Waals surface area contributed by atoms with E-state index >= 15 is 0 Å². The van der Waals surface area contributed by atoms with Gasteiger partial charge in [0.15, 0.2) is 0 Å². The number of benzene rings is 3. The lowest BCUT2D eigenvalue weighted by molar-refractivity contribution is 0.454. The molecule has 29 heavy (non-hydrogen) atoms. The number of phenols is 2. The average molecular weight is 403 g/mol. The van der Waals surface area contributed by atoms with Crippen molar-refractivity contribution in [2.75, 3.05) is 0 Å². The molecule has 0 aliphatic carbocycles. The topological polar surface area (TPSA) is 40.5 Å². The Morgan fingerprint density at radius 3 is 2.45 bits per heavy atom. The molecule has 2 N–H and O–H groups in total. The summed E-state index contributed by atoms with van der Waals surface area (Å²) in [5, 5.41) is 23.4. The van der Waals surface area contributed by atoms with Crippen LogP contribution < -0.4 is 0 Å². The minimum Gasteiger partial charge on any atom is -0.507 e. The number of thiophene rings is 1. The average Bonchev–Trinajstić information content (AvgIpc) is 3.11. The van der Waals surface area contributed by atoms with Crippen LogP contribution in [0.3, 0.4) is 0 Å². The van der Waals surface area contributed by atoms with Crippen LogP contribution in [0.25, 0.3) is 31.7 Å². The highest BCUT2D eigenvalue weighted by Gasteiger charge is 2.21. The van der Waals surface area contributed by atoms with E-state index in [4.69, 9.17) is 0 Å². The molecule has 0 saturated carbocycles. The summed E-state index contributed by atoms with van der Waals surface area (Å²) in [5.41, 5.74) is 4.31. The van der Waals surface area contributed by atoms with Crippen molar-refractivity contribution < 1.29 is 10.2 Å². The van der Waals surface area contributed by atoms with Crippen LogP contribution in [-0.4, -0.2) is 10.2 Å². The Labute approximate surface area is 176 Å². The number of fused-ring (bicyclic) bond motifs is 1. The van der Waals surface area contributed by atoms with Gasteiger partial charge in [-0.15, -0.1) is 11.3 Å². The molecular weight excluding hydrogens is 376 g/mol. The predicted octanol–water partition coefficient (Wildman–Crippen LogP) is 7.69. The Hall–Kier alpha value is -2.78. The molecule has 3 heteroatoms. The fraction of sp³-hybridized carbons (Fsp3) is 0.231. The molecule has 2 nitrogen and oxygen atoms in total. The van der Waals surface area contributed by atoms with Gasteiger partial charge in [0.05, 0.1) is 5.56 Å². The third kappa shape index (κ3) is 3.88. The molecule has 0 radical (unpaired) electrons. The van der Waals surface area contributed by atoms with Crippen LogP contribution in [0.1, 0.15) is 37.3 Å². The first-order chi connectivity index (χ1) is 14.1. The molecule has 0 aliphatic rings. The van der Waals surface area contributed by atoms with Gasteiger partial charge in [-0.05, 0) is 54.5 Å².